The van der Waals surface area contributed by atoms with E-state index < -0.39 is 0 Å². The second-order valence-electron chi connectivity index (χ2n) is 5.96. The Kier molecular flexibility index (Phi) is 7.17. The van der Waals surface area contributed by atoms with Crippen LogP contribution >= 0.6 is 0 Å². The van der Waals surface area contributed by atoms with Crippen molar-refractivity contribution in [2.75, 3.05) is 30.8 Å². The number of hydrogen-bond acceptors (Lipinski definition) is 4. The lowest BCUT2D eigenvalue weighted by Crippen LogP contribution is -2.32. The first-order valence-corrected chi connectivity index (χ1v) is 8.53. The van der Waals surface area contributed by atoms with Gasteiger partial charge in [0, 0.05) is 24.8 Å². The largest absolute Gasteiger partial charge is 0.497 e. The predicted molar refractivity (Wildman–Crippen MR) is 103 cm³/mol. The van der Waals surface area contributed by atoms with E-state index in [-0.39, 0.29) is 11.8 Å². The van der Waals surface area contributed by atoms with E-state index in [0.717, 1.165) is 17.9 Å². The molecule has 0 spiro atoms. The molecule has 0 aliphatic heterocycles. The maximum Gasteiger partial charge on any atom is 0.238 e. The number of amides is 2. The first kappa shape index (κ1) is 19.5. The third kappa shape index (κ3) is 6.22. The fourth-order valence-electron chi connectivity index (χ4n) is 2.55. The van der Waals surface area contributed by atoms with Crippen molar-refractivity contribution in [1.29, 1.82) is 0 Å². The lowest BCUT2D eigenvalue weighted by molar-refractivity contribution is -0.117. The maximum absolute atomic E-state index is 12.3. The van der Waals surface area contributed by atoms with Gasteiger partial charge in [-0.3, -0.25) is 14.5 Å². The van der Waals surface area contributed by atoms with Crippen LogP contribution in [0.3, 0.4) is 0 Å². The van der Waals surface area contributed by atoms with E-state index in [1.807, 2.05) is 31.2 Å². The van der Waals surface area contributed by atoms with Gasteiger partial charge in [-0.05, 0) is 48.5 Å². The van der Waals surface area contributed by atoms with Crippen LogP contribution in [0.2, 0.25) is 0 Å². The minimum absolute atomic E-state index is 0.0815. The Morgan fingerprint density at radius 1 is 1.04 bits per heavy atom. The predicted octanol–water partition coefficient (Wildman–Crippen LogP) is 3.11. The van der Waals surface area contributed by atoms with Gasteiger partial charge in [0.2, 0.25) is 11.8 Å². The summed E-state index contributed by atoms with van der Waals surface area (Å²) in [6.07, 6.45) is 0. The van der Waals surface area contributed by atoms with Crippen LogP contribution in [-0.2, 0) is 16.1 Å². The van der Waals surface area contributed by atoms with E-state index >= 15 is 0 Å². The Bertz CT molecular complexity index is 744. The molecule has 2 amide bonds. The van der Waals surface area contributed by atoms with Crippen LogP contribution in [0.1, 0.15) is 19.4 Å². The van der Waals surface area contributed by atoms with Crippen LogP contribution in [0, 0.1) is 0 Å². The van der Waals surface area contributed by atoms with Gasteiger partial charge in [-0.1, -0.05) is 19.1 Å². The number of benzene rings is 2. The summed E-state index contributed by atoms with van der Waals surface area (Å²) in [6.45, 7) is 5.20. The summed E-state index contributed by atoms with van der Waals surface area (Å²) in [7, 11) is 1.64. The van der Waals surface area contributed by atoms with Gasteiger partial charge in [0.25, 0.3) is 0 Å². The molecule has 2 N–H and O–H groups in total. The number of anilines is 2. The van der Waals surface area contributed by atoms with Gasteiger partial charge in [-0.25, -0.2) is 0 Å². The van der Waals surface area contributed by atoms with E-state index in [0.29, 0.717) is 24.5 Å². The Labute approximate surface area is 154 Å². The number of carbonyl (C=O) groups is 2. The minimum atomic E-state index is -0.127. The summed E-state index contributed by atoms with van der Waals surface area (Å²) in [4.78, 5) is 25.4. The molecule has 2 rings (SSSR count). The summed E-state index contributed by atoms with van der Waals surface area (Å²) in [5.41, 5.74) is 2.49. The number of hydrogen-bond donors (Lipinski definition) is 2. The molecule has 0 saturated carbocycles. The number of likely N-dealkylation sites (N-methyl/N-ethyl adjacent to an activating group) is 1. The zero-order valence-corrected chi connectivity index (χ0v) is 15.4. The second-order valence-corrected chi connectivity index (χ2v) is 5.96. The van der Waals surface area contributed by atoms with Crippen LogP contribution in [0.25, 0.3) is 0 Å². The molecule has 0 atom stereocenters. The van der Waals surface area contributed by atoms with Crippen LogP contribution in [0.4, 0.5) is 11.4 Å². The lowest BCUT2D eigenvalue weighted by atomic mass is 10.2. The van der Waals surface area contributed by atoms with E-state index in [1.165, 1.54) is 6.92 Å². The third-order valence-electron chi connectivity index (χ3n) is 3.84. The second kappa shape index (κ2) is 9.58. The monoisotopic (exact) mass is 355 g/mol. The molecule has 0 heterocycles. The summed E-state index contributed by atoms with van der Waals surface area (Å²) in [5, 5.41) is 5.57. The molecule has 138 valence electrons. The SMILES string of the molecule is CCN(CC(=O)Nc1ccc(NC(C)=O)cc1)Cc1cccc(OC)c1. The average Bonchev–Trinajstić information content (AvgIpc) is 2.62. The first-order chi connectivity index (χ1) is 12.5. The quantitative estimate of drug-likeness (QED) is 0.763. The number of nitrogens with zero attached hydrogens (tertiary/aromatic N) is 1. The van der Waals surface area contributed by atoms with E-state index in [2.05, 4.69) is 15.5 Å². The molecule has 0 aromatic heterocycles. The van der Waals surface area contributed by atoms with Gasteiger partial charge in [0.05, 0.1) is 13.7 Å². The van der Waals surface area contributed by atoms with Crippen LogP contribution < -0.4 is 15.4 Å². The summed E-state index contributed by atoms with van der Waals surface area (Å²) in [6, 6.07) is 14.9. The smallest absolute Gasteiger partial charge is 0.238 e. The van der Waals surface area contributed by atoms with E-state index in [9.17, 15) is 9.59 Å². The molecular formula is C20H25N3O3. The molecule has 0 radical (unpaired) electrons. The molecule has 2 aromatic rings. The number of nitrogens with one attached hydrogen (secondary N) is 2. The van der Waals surface area contributed by atoms with E-state index in [4.69, 9.17) is 4.74 Å². The van der Waals surface area contributed by atoms with Gasteiger partial charge in [-0.2, -0.15) is 0 Å². The molecule has 0 saturated heterocycles. The van der Waals surface area contributed by atoms with Crippen molar-refractivity contribution in [3.05, 3.63) is 54.1 Å². The fourth-order valence-corrected chi connectivity index (χ4v) is 2.55. The molecule has 0 bridgehead atoms. The highest BCUT2D eigenvalue weighted by atomic mass is 16.5. The van der Waals surface area contributed by atoms with Crippen molar-refractivity contribution in [2.45, 2.75) is 20.4 Å². The fraction of sp³-hybridized carbons (Fsp3) is 0.300. The molecule has 2 aromatic carbocycles. The highest BCUT2D eigenvalue weighted by molar-refractivity contribution is 5.93. The molecule has 0 aliphatic rings. The molecule has 26 heavy (non-hydrogen) atoms. The summed E-state index contributed by atoms with van der Waals surface area (Å²) >= 11 is 0. The highest BCUT2D eigenvalue weighted by Crippen LogP contribution is 2.15. The van der Waals surface area contributed by atoms with Crippen LogP contribution in [-0.4, -0.2) is 36.9 Å². The topological polar surface area (TPSA) is 70.7 Å². The van der Waals surface area contributed by atoms with Crippen molar-refractivity contribution < 1.29 is 14.3 Å². The lowest BCUT2D eigenvalue weighted by Gasteiger charge is -2.20. The van der Waals surface area contributed by atoms with Crippen molar-refractivity contribution in [3.63, 3.8) is 0 Å². The van der Waals surface area contributed by atoms with Gasteiger partial charge >= 0.3 is 0 Å². The molecule has 0 unspecified atom stereocenters. The molecule has 6 nitrogen and oxygen atoms in total. The first-order valence-electron chi connectivity index (χ1n) is 8.53. The number of carbonyl (C=O) groups excluding carboxylic acids is 2. The highest BCUT2D eigenvalue weighted by Gasteiger charge is 2.10. The van der Waals surface area contributed by atoms with Crippen molar-refractivity contribution in [2.24, 2.45) is 0 Å². The summed E-state index contributed by atoms with van der Waals surface area (Å²) in [5.74, 6) is 0.599. The van der Waals surface area contributed by atoms with Gasteiger partial charge in [-0.15, -0.1) is 0 Å². The molecule has 0 aliphatic carbocycles. The maximum atomic E-state index is 12.3. The van der Waals surface area contributed by atoms with Crippen LogP contribution in [0.5, 0.6) is 5.75 Å². The van der Waals surface area contributed by atoms with Gasteiger partial charge < -0.3 is 15.4 Å². The average molecular weight is 355 g/mol. The Morgan fingerprint density at radius 3 is 2.27 bits per heavy atom. The van der Waals surface area contributed by atoms with Gasteiger partial charge in [0.1, 0.15) is 5.75 Å². The molecule has 6 heteroatoms. The molecular weight excluding hydrogens is 330 g/mol. The zero-order chi connectivity index (χ0) is 18.9. The number of rotatable bonds is 8. The van der Waals surface area contributed by atoms with E-state index in [1.54, 1.807) is 31.4 Å². The van der Waals surface area contributed by atoms with Crippen molar-refractivity contribution >= 4 is 23.2 Å². The minimum Gasteiger partial charge on any atom is -0.497 e. The van der Waals surface area contributed by atoms with Crippen molar-refractivity contribution in [3.8, 4) is 5.75 Å². The Morgan fingerprint density at radius 2 is 1.69 bits per heavy atom. The van der Waals surface area contributed by atoms with Crippen molar-refractivity contribution in [1.82, 2.24) is 4.90 Å². The normalized spacial score (nSPS) is 10.5. The molecule has 0 fully saturated rings. The summed E-state index contributed by atoms with van der Waals surface area (Å²) < 4.78 is 5.24. The number of ether oxygens (including phenoxy) is 1. The Hall–Kier alpha value is -2.86. The third-order valence-corrected chi connectivity index (χ3v) is 3.84. The zero-order valence-electron chi connectivity index (χ0n) is 15.4. The number of methoxy groups -OCH3 is 1. The standard InChI is InChI=1S/C20H25N3O3/c1-4-23(13-16-6-5-7-19(12-16)26-3)14-20(25)22-18-10-8-17(9-11-18)21-15(2)24/h5-12H,4,13-14H2,1-3H3,(H,21,24)(H,22,25). The van der Waals surface area contributed by atoms with Crippen LogP contribution in [0.15, 0.2) is 48.5 Å². The van der Waals surface area contributed by atoms with Gasteiger partial charge in [0.15, 0.2) is 0 Å². The Balaban J connectivity index is 1.90.